The number of carbonyl (C=O) groups excluding carboxylic acids is 1. The maximum absolute atomic E-state index is 13.6. The van der Waals surface area contributed by atoms with Gasteiger partial charge in [0.15, 0.2) is 11.6 Å². The van der Waals surface area contributed by atoms with Gasteiger partial charge in [-0.05, 0) is 31.5 Å². The molecular formula is C15H21FN2O2. The van der Waals surface area contributed by atoms with Gasteiger partial charge in [0.05, 0.1) is 13.5 Å². The average molecular weight is 280 g/mol. The van der Waals surface area contributed by atoms with E-state index < -0.39 is 5.82 Å². The molecule has 110 valence electrons. The lowest BCUT2D eigenvalue weighted by Crippen LogP contribution is -2.56. The molecule has 0 radical (unpaired) electrons. The van der Waals surface area contributed by atoms with Gasteiger partial charge in [0.2, 0.25) is 5.91 Å². The number of ether oxygens (including phenoxy) is 1. The van der Waals surface area contributed by atoms with Crippen molar-refractivity contribution < 1.29 is 13.9 Å². The first kappa shape index (κ1) is 14.8. The van der Waals surface area contributed by atoms with Crippen LogP contribution < -0.4 is 10.1 Å². The van der Waals surface area contributed by atoms with Crippen molar-refractivity contribution in [2.45, 2.75) is 32.4 Å². The van der Waals surface area contributed by atoms with Gasteiger partial charge in [0.1, 0.15) is 0 Å². The summed E-state index contributed by atoms with van der Waals surface area (Å²) in [5, 5.41) is 3.38. The second-order valence-corrected chi connectivity index (χ2v) is 5.41. The third kappa shape index (κ3) is 3.48. The Kier molecular flexibility index (Phi) is 4.60. The van der Waals surface area contributed by atoms with Crippen molar-refractivity contribution in [2.75, 3.05) is 20.2 Å². The first-order valence-electron chi connectivity index (χ1n) is 6.86. The molecule has 1 heterocycles. The fourth-order valence-corrected chi connectivity index (χ4v) is 2.64. The van der Waals surface area contributed by atoms with E-state index in [0.29, 0.717) is 18.7 Å². The molecular weight excluding hydrogens is 259 g/mol. The Hall–Kier alpha value is -1.62. The van der Waals surface area contributed by atoms with Crippen LogP contribution in [-0.4, -0.2) is 43.1 Å². The standard InChI is InChI=1S/C15H21FN2O2/c1-10-8-18(9-11(2)17-10)15(19)7-12-4-5-14(20-3)13(16)6-12/h4-6,10-11,17H,7-9H2,1-3H3. The minimum absolute atomic E-state index is 0.0368. The van der Waals surface area contributed by atoms with Crippen LogP contribution in [0.5, 0.6) is 5.75 Å². The fourth-order valence-electron chi connectivity index (χ4n) is 2.64. The van der Waals surface area contributed by atoms with E-state index in [-0.39, 0.29) is 30.2 Å². The van der Waals surface area contributed by atoms with Gasteiger partial charge in [0, 0.05) is 25.2 Å². The summed E-state index contributed by atoms with van der Waals surface area (Å²) >= 11 is 0. The zero-order valence-corrected chi connectivity index (χ0v) is 12.1. The molecule has 0 saturated carbocycles. The quantitative estimate of drug-likeness (QED) is 0.914. The molecule has 0 aliphatic carbocycles. The van der Waals surface area contributed by atoms with Crippen LogP contribution in [0.3, 0.4) is 0 Å². The summed E-state index contributed by atoms with van der Waals surface area (Å²) in [4.78, 5) is 14.1. The largest absolute Gasteiger partial charge is 0.494 e. The van der Waals surface area contributed by atoms with E-state index in [9.17, 15) is 9.18 Å². The van der Waals surface area contributed by atoms with Crippen LogP contribution >= 0.6 is 0 Å². The Bertz CT molecular complexity index is 483. The molecule has 1 aliphatic heterocycles. The summed E-state index contributed by atoms with van der Waals surface area (Å²) in [7, 11) is 1.42. The molecule has 2 rings (SSSR count). The lowest BCUT2D eigenvalue weighted by molar-refractivity contribution is -0.132. The van der Waals surface area contributed by atoms with E-state index in [1.54, 1.807) is 12.1 Å². The molecule has 1 amide bonds. The minimum Gasteiger partial charge on any atom is -0.494 e. The van der Waals surface area contributed by atoms with E-state index in [2.05, 4.69) is 19.2 Å². The molecule has 0 bridgehead atoms. The van der Waals surface area contributed by atoms with E-state index in [1.165, 1.54) is 13.2 Å². The second kappa shape index (κ2) is 6.22. The monoisotopic (exact) mass is 280 g/mol. The SMILES string of the molecule is COc1ccc(CC(=O)N2CC(C)NC(C)C2)cc1F. The summed E-state index contributed by atoms with van der Waals surface area (Å²) in [6, 6.07) is 5.23. The van der Waals surface area contributed by atoms with Crippen molar-refractivity contribution in [3.8, 4) is 5.75 Å². The number of amides is 1. The van der Waals surface area contributed by atoms with Crippen molar-refractivity contribution in [1.29, 1.82) is 0 Å². The number of halogens is 1. The van der Waals surface area contributed by atoms with Crippen LogP contribution in [0.15, 0.2) is 18.2 Å². The van der Waals surface area contributed by atoms with E-state index in [4.69, 9.17) is 4.74 Å². The van der Waals surface area contributed by atoms with Gasteiger partial charge in [0.25, 0.3) is 0 Å². The number of nitrogens with zero attached hydrogens (tertiary/aromatic N) is 1. The number of nitrogens with one attached hydrogen (secondary N) is 1. The smallest absolute Gasteiger partial charge is 0.227 e. The number of methoxy groups -OCH3 is 1. The number of hydrogen-bond acceptors (Lipinski definition) is 3. The van der Waals surface area contributed by atoms with Crippen molar-refractivity contribution >= 4 is 5.91 Å². The molecule has 0 spiro atoms. The summed E-state index contributed by atoms with van der Waals surface area (Å²) in [6.45, 7) is 5.51. The first-order chi connectivity index (χ1) is 9.49. The van der Waals surface area contributed by atoms with Crippen LogP contribution in [0, 0.1) is 5.82 Å². The predicted octanol–water partition coefficient (Wildman–Crippen LogP) is 1.59. The predicted molar refractivity (Wildman–Crippen MR) is 75.3 cm³/mol. The third-order valence-corrected chi connectivity index (χ3v) is 3.48. The summed E-state index contributed by atoms with van der Waals surface area (Å²) < 4.78 is 18.5. The number of carbonyl (C=O) groups is 1. The maximum atomic E-state index is 13.6. The highest BCUT2D eigenvalue weighted by Gasteiger charge is 2.24. The molecule has 5 heteroatoms. The highest BCUT2D eigenvalue weighted by Crippen LogP contribution is 2.18. The van der Waals surface area contributed by atoms with E-state index in [0.717, 1.165) is 0 Å². The number of piperazine rings is 1. The van der Waals surface area contributed by atoms with Gasteiger partial charge < -0.3 is 15.0 Å². The van der Waals surface area contributed by atoms with Gasteiger partial charge in [-0.15, -0.1) is 0 Å². The third-order valence-electron chi connectivity index (χ3n) is 3.48. The molecule has 20 heavy (non-hydrogen) atoms. The van der Waals surface area contributed by atoms with Crippen LogP contribution in [-0.2, 0) is 11.2 Å². The molecule has 1 aromatic rings. The molecule has 2 unspecified atom stereocenters. The maximum Gasteiger partial charge on any atom is 0.227 e. The lowest BCUT2D eigenvalue weighted by Gasteiger charge is -2.36. The highest BCUT2D eigenvalue weighted by atomic mass is 19.1. The number of hydrogen-bond donors (Lipinski definition) is 1. The second-order valence-electron chi connectivity index (χ2n) is 5.41. The molecule has 1 aliphatic rings. The molecule has 0 aromatic heterocycles. The number of benzene rings is 1. The molecule has 4 nitrogen and oxygen atoms in total. The van der Waals surface area contributed by atoms with E-state index >= 15 is 0 Å². The molecule has 1 N–H and O–H groups in total. The molecule has 1 saturated heterocycles. The molecule has 1 fully saturated rings. The summed E-state index contributed by atoms with van der Waals surface area (Å²) in [5.74, 6) is -0.194. The molecule has 2 atom stereocenters. The fraction of sp³-hybridized carbons (Fsp3) is 0.533. The highest BCUT2D eigenvalue weighted by molar-refractivity contribution is 5.79. The minimum atomic E-state index is -0.431. The van der Waals surface area contributed by atoms with Gasteiger partial charge in [-0.3, -0.25) is 4.79 Å². The Labute approximate surface area is 118 Å². The van der Waals surface area contributed by atoms with Gasteiger partial charge in [-0.25, -0.2) is 4.39 Å². The zero-order valence-electron chi connectivity index (χ0n) is 12.1. The van der Waals surface area contributed by atoms with E-state index in [1.807, 2.05) is 4.90 Å². The van der Waals surface area contributed by atoms with Crippen molar-refractivity contribution in [1.82, 2.24) is 10.2 Å². The number of rotatable bonds is 3. The van der Waals surface area contributed by atoms with Crippen molar-refractivity contribution in [3.63, 3.8) is 0 Å². The zero-order chi connectivity index (χ0) is 14.7. The Morgan fingerprint density at radius 2 is 2.05 bits per heavy atom. The topological polar surface area (TPSA) is 41.6 Å². The Morgan fingerprint density at radius 3 is 2.60 bits per heavy atom. The summed E-state index contributed by atoms with van der Waals surface area (Å²) in [5.41, 5.74) is 0.673. The van der Waals surface area contributed by atoms with Crippen LogP contribution in [0.25, 0.3) is 0 Å². The lowest BCUT2D eigenvalue weighted by atomic mass is 10.1. The van der Waals surface area contributed by atoms with Crippen LogP contribution in [0.2, 0.25) is 0 Å². The Balaban J connectivity index is 2.02. The Morgan fingerprint density at radius 1 is 1.40 bits per heavy atom. The normalized spacial score (nSPS) is 22.7. The van der Waals surface area contributed by atoms with Gasteiger partial charge in [-0.1, -0.05) is 6.07 Å². The van der Waals surface area contributed by atoms with Crippen molar-refractivity contribution in [2.24, 2.45) is 0 Å². The van der Waals surface area contributed by atoms with Crippen LogP contribution in [0.4, 0.5) is 4.39 Å². The molecule has 1 aromatic carbocycles. The van der Waals surface area contributed by atoms with Gasteiger partial charge >= 0.3 is 0 Å². The van der Waals surface area contributed by atoms with Gasteiger partial charge in [-0.2, -0.15) is 0 Å². The first-order valence-corrected chi connectivity index (χ1v) is 6.86. The van der Waals surface area contributed by atoms with Crippen LogP contribution in [0.1, 0.15) is 19.4 Å². The average Bonchev–Trinajstić information content (AvgIpc) is 2.37. The van der Waals surface area contributed by atoms with Crippen molar-refractivity contribution in [3.05, 3.63) is 29.6 Å². The summed E-state index contributed by atoms with van der Waals surface area (Å²) in [6.07, 6.45) is 0.223.